The second kappa shape index (κ2) is 2.18. The molecule has 0 spiro atoms. The quantitative estimate of drug-likeness (QED) is 0.567. The first kappa shape index (κ1) is 7.97. The third-order valence-electron chi connectivity index (χ3n) is 1.56. The van der Waals surface area contributed by atoms with E-state index in [9.17, 15) is 8.42 Å². The standard InChI is InChI=1S/C5H11NO3S/c1-10(8,9)6-5(4-7)2-3-5/h6-7H,2-4H2,1H3. The van der Waals surface area contributed by atoms with Crippen LogP contribution in [0.1, 0.15) is 12.8 Å². The second-order valence-electron chi connectivity index (χ2n) is 2.81. The lowest BCUT2D eigenvalue weighted by atomic mass is 10.3. The number of hydrogen-bond donors (Lipinski definition) is 2. The molecule has 1 aliphatic rings. The van der Waals surface area contributed by atoms with Crippen LogP contribution in [-0.2, 0) is 10.0 Å². The first-order chi connectivity index (χ1) is 4.47. The molecule has 1 rings (SSSR count). The van der Waals surface area contributed by atoms with Crippen LogP contribution in [0.2, 0.25) is 0 Å². The lowest BCUT2D eigenvalue weighted by molar-refractivity contribution is 0.247. The van der Waals surface area contributed by atoms with E-state index < -0.39 is 15.6 Å². The summed E-state index contributed by atoms with van der Waals surface area (Å²) >= 11 is 0. The minimum atomic E-state index is -3.14. The fourth-order valence-corrected chi connectivity index (χ4v) is 1.89. The van der Waals surface area contributed by atoms with E-state index in [1.165, 1.54) is 0 Å². The topological polar surface area (TPSA) is 66.4 Å². The molecule has 2 N–H and O–H groups in total. The average Bonchev–Trinajstić information content (AvgIpc) is 2.45. The molecule has 0 aromatic rings. The summed E-state index contributed by atoms with van der Waals surface area (Å²) in [5.74, 6) is 0. The number of rotatable bonds is 3. The lowest BCUT2D eigenvalue weighted by Crippen LogP contribution is -2.38. The van der Waals surface area contributed by atoms with Gasteiger partial charge in [-0.25, -0.2) is 13.1 Å². The molecule has 10 heavy (non-hydrogen) atoms. The van der Waals surface area contributed by atoms with Gasteiger partial charge in [0.15, 0.2) is 0 Å². The molecule has 1 aliphatic carbocycles. The maximum Gasteiger partial charge on any atom is 0.209 e. The Morgan fingerprint density at radius 1 is 1.60 bits per heavy atom. The summed E-state index contributed by atoms with van der Waals surface area (Å²) in [7, 11) is -3.14. The Morgan fingerprint density at radius 2 is 2.10 bits per heavy atom. The fraction of sp³-hybridized carbons (Fsp3) is 1.00. The largest absolute Gasteiger partial charge is 0.394 e. The van der Waals surface area contributed by atoms with Gasteiger partial charge in [-0.3, -0.25) is 0 Å². The highest BCUT2D eigenvalue weighted by molar-refractivity contribution is 7.88. The average molecular weight is 165 g/mol. The third-order valence-corrected chi connectivity index (χ3v) is 2.36. The number of sulfonamides is 1. The molecule has 0 saturated heterocycles. The van der Waals surface area contributed by atoms with Gasteiger partial charge in [-0.15, -0.1) is 0 Å². The number of aliphatic hydroxyl groups excluding tert-OH is 1. The van der Waals surface area contributed by atoms with E-state index in [2.05, 4.69) is 4.72 Å². The van der Waals surface area contributed by atoms with Crippen LogP contribution in [-0.4, -0.2) is 31.9 Å². The van der Waals surface area contributed by atoms with Crippen molar-refractivity contribution in [2.24, 2.45) is 0 Å². The number of hydrogen-bond acceptors (Lipinski definition) is 3. The summed E-state index contributed by atoms with van der Waals surface area (Å²) in [4.78, 5) is 0. The van der Waals surface area contributed by atoms with Crippen LogP contribution < -0.4 is 4.72 Å². The zero-order valence-electron chi connectivity index (χ0n) is 5.79. The molecule has 0 bridgehead atoms. The van der Waals surface area contributed by atoms with Crippen molar-refractivity contribution in [3.8, 4) is 0 Å². The van der Waals surface area contributed by atoms with Crippen molar-refractivity contribution in [1.82, 2.24) is 4.72 Å². The van der Waals surface area contributed by atoms with Crippen LogP contribution in [0, 0.1) is 0 Å². The minimum absolute atomic E-state index is 0.0972. The summed E-state index contributed by atoms with van der Waals surface area (Å²) in [6.45, 7) is -0.0972. The third kappa shape index (κ3) is 1.93. The van der Waals surface area contributed by atoms with E-state index in [1.54, 1.807) is 0 Å². The molecule has 0 aliphatic heterocycles. The smallest absolute Gasteiger partial charge is 0.209 e. The lowest BCUT2D eigenvalue weighted by Gasteiger charge is -2.10. The van der Waals surface area contributed by atoms with Crippen LogP contribution in [0.5, 0.6) is 0 Å². The minimum Gasteiger partial charge on any atom is -0.394 e. The van der Waals surface area contributed by atoms with Crippen LogP contribution in [0.4, 0.5) is 0 Å². The second-order valence-corrected chi connectivity index (χ2v) is 4.56. The highest BCUT2D eigenvalue weighted by atomic mass is 32.2. The molecule has 1 saturated carbocycles. The Balaban J connectivity index is 2.54. The maximum atomic E-state index is 10.6. The molecular formula is C5H11NO3S. The molecule has 0 unspecified atom stereocenters. The van der Waals surface area contributed by atoms with Gasteiger partial charge in [-0.2, -0.15) is 0 Å². The van der Waals surface area contributed by atoms with Crippen LogP contribution in [0.15, 0.2) is 0 Å². The molecular weight excluding hydrogens is 154 g/mol. The SMILES string of the molecule is CS(=O)(=O)NC1(CO)CC1. The molecule has 0 heterocycles. The van der Waals surface area contributed by atoms with Crippen molar-refractivity contribution in [2.45, 2.75) is 18.4 Å². The van der Waals surface area contributed by atoms with E-state index in [-0.39, 0.29) is 6.61 Å². The molecule has 0 aromatic heterocycles. The molecule has 0 aromatic carbocycles. The number of aliphatic hydroxyl groups is 1. The van der Waals surface area contributed by atoms with E-state index in [4.69, 9.17) is 5.11 Å². The molecule has 0 radical (unpaired) electrons. The molecule has 0 atom stereocenters. The van der Waals surface area contributed by atoms with Gasteiger partial charge in [0.1, 0.15) is 0 Å². The number of nitrogens with one attached hydrogen (secondary N) is 1. The van der Waals surface area contributed by atoms with Gasteiger partial charge in [0, 0.05) is 0 Å². The van der Waals surface area contributed by atoms with Gasteiger partial charge >= 0.3 is 0 Å². The van der Waals surface area contributed by atoms with Crippen LogP contribution >= 0.6 is 0 Å². The van der Waals surface area contributed by atoms with Crippen molar-refractivity contribution >= 4 is 10.0 Å². The summed E-state index contributed by atoms with van der Waals surface area (Å²) < 4.78 is 23.6. The van der Waals surface area contributed by atoms with Gasteiger partial charge in [0.05, 0.1) is 18.4 Å². The Morgan fingerprint density at radius 3 is 2.20 bits per heavy atom. The molecule has 4 nitrogen and oxygen atoms in total. The van der Waals surface area contributed by atoms with Gasteiger partial charge in [0.25, 0.3) is 0 Å². The maximum absolute atomic E-state index is 10.6. The molecule has 0 amide bonds. The van der Waals surface area contributed by atoms with Crippen LogP contribution in [0.25, 0.3) is 0 Å². The van der Waals surface area contributed by atoms with E-state index in [1.807, 2.05) is 0 Å². The van der Waals surface area contributed by atoms with Crippen LogP contribution in [0.3, 0.4) is 0 Å². The van der Waals surface area contributed by atoms with Gasteiger partial charge in [-0.05, 0) is 12.8 Å². The van der Waals surface area contributed by atoms with E-state index in [0.29, 0.717) is 0 Å². The first-order valence-electron chi connectivity index (χ1n) is 3.07. The molecule has 60 valence electrons. The van der Waals surface area contributed by atoms with Crippen molar-refractivity contribution in [3.63, 3.8) is 0 Å². The monoisotopic (exact) mass is 165 g/mol. The Hall–Kier alpha value is -0.130. The normalized spacial score (nSPS) is 22.6. The predicted molar refractivity (Wildman–Crippen MR) is 37.0 cm³/mol. The Labute approximate surface area is 60.3 Å². The summed E-state index contributed by atoms with van der Waals surface area (Å²) in [5, 5.41) is 8.69. The summed E-state index contributed by atoms with van der Waals surface area (Å²) in [6, 6.07) is 0. The molecule has 5 heteroatoms. The van der Waals surface area contributed by atoms with E-state index >= 15 is 0 Å². The van der Waals surface area contributed by atoms with Gasteiger partial charge in [0.2, 0.25) is 10.0 Å². The van der Waals surface area contributed by atoms with Crippen molar-refractivity contribution in [3.05, 3.63) is 0 Å². The molecule has 1 fully saturated rings. The van der Waals surface area contributed by atoms with Crippen molar-refractivity contribution < 1.29 is 13.5 Å². The Bertz CT molecular complexity index is 217. The highest BCUT2D eigenvalue weighted by Gasteiger charge is 2.44. The predicted octanol–water partition coefficient (Wildman–Crippen LogP) is -0.940. The fourth-order valence-electron chi connectivity index (χ4n) is 0.837. The van der Waals surface area contributed by atoms with Gasteiger partial charge in [-0.1, -0.05) is 0 Å². The van der Waals surface area contributed by atoms with Crippen molar-refractivity contribution in [2.75, 3.05) is 12.9 Å². The first-order valence-corrected chi connectivity index (χ1v) is 4.96. The zero-order chi connectivity index (χ0) is 7.83. The summed E-state index contributed by atoms with van der Waals surface area (Å²) in [6.07, 6.45) is 2.59. The van der Waals surface area contributed by atoms with E-state index in [0.717, 1.165) is 19.1 Å². The zero-order valence-corrected chi connectivity index (χ0v) is 6.61. The van der Waals surface area contributed by atoms with Crippen molar-refractivity contribution in [1.29, 1.82) is 0 Å². The van der Waals surface area contributed by atoms with Gasteiger partial charge < -0.3 is 5.11 Å². The summed E-state index contributed by atoms with van der Waals surface area (Å²) in [5.41, 5.74) is -0.506. The Kier molecular flexibility index (Phi) is 1.74. The highest BCUT2D eigenvalue weighted by Crippen LogP contribution is 2.34.